The standard InChI is InChI=1S/2C21H14N.C2H6Si.2ClH.Zr/c2*1-2-9-16(10-3-1)22-20-13-7-6-12-18(20)19-14-15-8-4-5-11-17(15)21(19)22;1-3-2;;;/h2*1-14H;1-2H3;2*1H;/q2*-1;;;;+2/p-2. The van der Waals surface area contributed by atoms with Crippen molar-refractivity contribution in [3.63, 3.8) is 0 Å². The molecule has 8 aromatic carbocycles. The molecule has 0 fully saturated rings. The van der Waals surface area contributed by atoms with Crippen molar-refractivity contribution in [2.24, 2.45) is 0 Å². The van der Waals surface area contributed by atoms with E-state index >= 15 is 0 Å². The molecule has 0 spiro atoms. The summed E-state index contributed by atoms with van der Waals surface area (Å²) in [6, 6.07) is 60.4. The van der Waals surface area contributed by atoms with Gasteiger partial charge in [-0.05, 0) is 47.4 Å². The SMILES string of the molecule is C[Si](C)=[Zr+2].[Cl-].[Cl-].c1ccc(-n2c3ccccc3c3[cH-]c4ccccc4c32)cc1.c1ccc(-n2c3ccccc3c3[cH-]c4ccccc4c32)cc1. The number of benzene rings is 6. The summed E-state index contributed by atoms with van der Waals surface area (Å²) in [6.07, 6.45) is 0. The van der Waals surface area contributed by atoms with Crippen LogP contribution in [0.4, 0.5) is 0 Å². The quantitative estimate of drug-likeness (QED) is 0.148. The number of rotatable bonds is 2. The number of halogens is 2. The Balaban J connectivity index is 0.000000151. The van der Waals surface area contributed by atoms with Crippen LogP contribution in [-0.4, -0.2) is 14.6 Å². The van der Waals surface area contributed by atoms with E-state index in [0.29, 0.717) is 0 Å². The maximum Gasteiger partial charge on any atom is 0.0378 e. The third-order valence-corrected chi connectivity index (χ3v) is 8.89. The second-order valence-corrected chi connectivity index (χ2v) is 21.7. The molecule has 0 N–H and O–H groups in total. The van der Waals surface area contributed by atoms with Gasteiger partial charge < -0.3 is 33.9 Å². The smallest absolute Gasteiger partial charge is 0.0378 e. The van der Waals surface area contributed by atoms with Crippen molar-refractivity contribution in [3.8, 4) is 11.4 Å². The molecule has 0 saturated carbocycles. The Bertz CT molecular complexity index is 2520. The minimum atomic E-state index is 0. The van der Waals surface area contributed by atoms with Crippen molar-refractivity contribution >= 4 is 70.6 Å². The molecule has 10 aromatic rings. The van der Waals surface area contributed by atoms with E-state index in [-0.39, 0.29) is 30.2 Å². The molecule has 0 unspecified atom stereocenters. The van der Waals surface area contributed by atoms with Crippen molar-refractivity contribution in [3.05, 3.63) is 170 Å². The first-order valence-electron chi connectivity index (χ1n) is 16.4. The topological polar surface area (TPSA) is 9.86 Å². The van der Waals surface area contributed by atoms with Gasteiger partial charge in [0.15, 0.2) is 0 Å². The Hall–Kier alpha value is -4.18. The van der Waals surface area contributed by atoms with Crippen LogP contribution in [0.1, 0.15) is 0 Å². The van der Waals surface area contributed by atoms with E-state index in [1.807, 2.05) is 0 Å². The Kier molecular flexibility index (Phi) is 11.0. The molecule has 0 bridgehead atoms. The Morgan fingerprint density at radius 2 is 0.720 bits per heavy atom. The van der Waals surface area contributed by atoms with Crippen LogP contribution in [-0.2, 0) is 23.3 Å². The molecule has 0 aliphatic carbocycles. The first-order valence-corrected chi connectivity index (χ1v) is 22.6. The predicted octanol–water partition coefficient (Wildman–Crippen LogP) is 6.10. The van der Waals surface area contributed by atoms with Gasteiger partial charge in [-0.2, -0.15) is 0 Å². The van der Waals surface area contributed by atoms with E-state index in [2.05, 4.69) is 192 Å². The fourth-order valence-corrected chi connectivity index (χ4v) is 7.03. The Morgan fingerprint density at radius 3 is 1.10 bits per heavy atom. The van der Waals surface area contributed by atoms with Gasteiger partial charge in [0.2, 0.25) is 0 Å². The number of hydrogen-bond donors (Lipinski definition) is 0. The number of aromatic nitrogens is 2. The van der Waals surface area contributed by atoms with Crippen molar-refractivity contribution in [1.82, 2.24) is 9.13 Å². The first-order chi connectivity index (χ1) is 23.6. The fourth-order valence-electron chi connectivity index (χ4n) is 7.03. The fraction of sp³-hybridized carbons (Fsp3) is 0.0455. The van der Waals surface area contributed by atoms with E-state index in [4.69, 9.17) is 0 Å². The van der Waals surface area contributed by atoms with E-state index < -0.39 is 0 Å². The third kappa shape index (κ3) is 6.43. The van der Waals surface area contributed by atoms with Crippen LogP contribution in [0.15, 0.2) is 170 Å². The second kappa shape index (κ2) is 15.4. The minimum Gasteiger partial charge on any atom is -1.00 e. The van der Waals surface area contributed by atoms with Crippen molar-refractivity contribution in [2.45, 2.75) is 13.1 Å². The van der Waals surface area contributed by atoms with Gasteiger partial charge in [-0.3, -0.25) is 0 Å². The van der Waals surface area contributed by atoms with Gasteiger partial charge in [0.25, 0.3) is 0 Å². The average Bonchev–Trinajstić information content (AvgIpc) is 3.86. The van der Waals surface area contributed by atoms with Gasteiger partial charge >= 0.3 is 41.9 Å². The zero-order valence-electron chi connectivity index (χ0n) is 27.8. The Morgan fingerprint density at radius 1 is 0.420 bits per heavy atom. The van der Waals surface area contributed by atoms with E-state index in [0.717, 1.165) is 0 Å². The summed E-state index contributed by atoms with van der Waals surface area (Å²) >= 11 is 1.74. The number of para-hydroxylation sites is 4. The molecule has 0 aliphatic rings. The summed E-state index contributed by atoms with van der Waals surface area (Å²) < 4.78 is 4.76. The van der Waals surface area contributed by atoms with Gasteiger partial charge in [-0.1, -0.05) is 142 Å². The summed E-state index contributed by atoms with van der Waals surface area (Å²) in [7, 11) is 0. The third-order valence-electron chi connectivity index (χ3n) is 8.89. The summed E-state index contributed by atoms with van der Waals surface area (Å²) in [5.74, 6) is 0. The molecule has 2 aromatic heterocycles. The van der Waals surface area contributed by atoms with Crippen LogP contribution in [0, 0.1) is 0 Å². The normalized spacial score (nSPS) is 10.8. The monoisotopic (exact) mass is 778 g/mol. The zero-order chi connectivity index (χ0) is 32.6. The molecule has 0 saturated heterocycles. The molecule has 0 atom stereocenters. The van der Waals surface area contributed by atoms with Crippen molar-refractivity contribution in [1.29, 1.82) is 0 Å². The molecule has 2 heterocycles. The maximum absolute atomic E-state index is 2.38. The maximum atomic E-state index is 2.38. The summed E-state index contributed by atoms with van der Waals surface area (Å²) in [5, 5.41) is 10.6. The number of fused-ring (bicyclic) bond motifs is 10. The summed E-state index contributed by atoms with van der Waals surface area (Å²) in [4.78, 5) is 0. The zero-order valence-corrected chi connectivity index (χ0v) is 32.8. The van der Waals surface area contributed by atoms with Crippen LogP contribution in [0.25, 0.3) is 76.5 Å². The van der Waals surface area contributed by atoms with E-state index in [1.165, 1.54) is 76.5 Å². The van der Waals surface area contributed by atoms with Crippen molar-refractivity contribution in [2.75, 3.05) is 0 Å². The summed E-state index contributed by atoms with van der Waals surface area (Å²) in [6.45, 7) is 4.62. The van der Waals surface area contributed by atoms with Gasteiger partial charge in [-0.25, -0.2) is 0 Å². The Labute approximate surface area is 319 Å². The average molecular weight is 781 g/mol. The van der Waals surface area contributed by atoms with Gasteiger partial charge in [0.05, 0.1) is 0 Å². The largest absolute Gasteiger partial charge is 1.00 e. The van der Waals surface area contributed by atoms with Gasteiger partial charge in [0, 0.05) is 22.4 Å². The molecule has 244 valence electrons. The van der Waals surface area contributed by atoms with Crippen LogP contribution < -0.4 is 24.8 Å². The number of nitrogens with zero attached hydrogens (tertiary/aromatic N) is 2. The predicted molar refractivity (Wildman–Crippen MR) is 205 cm³/mol. The molecule has 0 amide bonds. The molecular formula is C44H34Cl2N2SiZr-2. The van der Waals surface area contributed by atoms with Crippen LogP contribution in [0.3, 0.4) is 0 Å². The first kappa shape index (κ1) is 35.6. The van der Waals surface area contributed by atoms with Crippen molar-refractivity contribution < 1.29 is 48.1 Å². The van der Waals surface area contributed by atoms with Gasteiger partial charge in [-0.15, -0.1) is 35.0 Å². The molecule has 0 radical (unpaired) electrons. The van der Waals surface area contributed by atoms with Crippen LogP contribution >= 0.6 is 0 Å². The molecule has 50 heavy (non-hydrogen) atoms. The minimum absolute atomic E-state index is 0. The summed E-state index contributed by atoms with van der Waals surface area (Å²) in [5.41, 5.74) is 7.79. The molecule has 10 rings (SSSR count). The van der Waals surface area contributed by atoms with E-state index in [9.17, 15) is 0 Å². The van der Waals surface area contributed by atoms with E-state index in [1.54, 1.807) is 23.3 Å². The van der Waals surface area contributed by atoms with Crippen LogP contribution in [0.5, 0.6) is 0 Å². The molecule has 6 heteroatoms. The van der Waals surface area contributed by atoms with Gasteiger partial charge in [0.1, 0.15) is 0 Å². The number of hydrogen-bond acceptors (Lipinski definition) is 0. The molecule has 2 nitrogen and oxygen atoms in total. The molecule has 0 aliphatic heterocycles. The second-order valence-electron chi connectivity index (χ2n) is 12.4. The molecular weight excluding hydrogens is 747 g/mol. The van der Waals surface area contributed by atoms with Crippen LogP contribution in [0.2, 0.25) is 13.1 Å².